The fraction of sp³-hybridized carbons (Fsp3) is 0.429. The highest BCUT2D eigenvalue weighted by molar-refractivity contribution is 7.99. The van der Waals surface area contributed by atoms with Gasteiger partial charge in [0.25, 0.3) is 0 Å². The van der Waals surface area contributed by atoms with Crippen LogP contribution in [0.5, 0.6) is 0 Å². The average molecular weight is 418 g/mol. The number of hydrogen-bond donors (Lipinski definition) is 1. The van der Waals surface area contributed by atoms with Crippen molar-refractivity contribution in [2.45, 2.75) is 45.1 Å². The largest absolute Gasteiger partial charge is 0.376 e. The van der Waals surface area contributed by atoms with Gasteiger partial charge in [-0.2, -0.15) is 5.26 Å². The summed E-state index contributed by atoms with van der Waals surface area (Å²) in [6.07, 6.45) is 2.19. The molecule has 5 nitrogen and oxygen atoms in total. The molecule has 0 unspecified atom stereocenters. The number of amides is 1. The molecule has 0 aliphatic carbocycles. The minimum Gasteiger partial charge on any atom is -0.376 e. The molecule has 1 aromatic carbocycles. The van der Waals surface area contributed by atoms with E-state index in [0.29, 0.717) is 28.7 Å². The van der Waals surface area contributed by atoms with Crippen molar-refractivity contribution in [1.29, 1.82) is 5.26 Å². The Labute approximate surface area is 175 Å². The van der Waals surface area contributed by atoms with Crippen molar-refractivity contribution in [2.24, 2.45) is 0 Å². The molecule has 148 valence electrons. The summed E-state index contributed by atoms with van der Waals surface area (Å²) in [6.45, 7) is 5.33. The Morgan fingerprint density at radius 3 is 2.79 bits per heavy atom. The Kier molecular flexibility index (Phi) is 7.06. The van der Waals surface area contributed by atoms with Gasteiger partial charge >= 0.3 is 0 Å². The number of nitrogens with one attached hydrogen (secondary N) is 1. The molecule has 1 aliphatic rings. The minimum absolute atomic E-state index is 0.110. The highest BCUT2D eigenvalue weighted by Gasteiger charge is 2.23. The van der Waals surface area contributed by atoms with Gasteiger partial charge in [0, 0.05) is 23.1 Å². The molecular weight excluding hydrogens is 394 g/mol. The number of halogens is 1. The lowest BCUT2D eigenvalue weighted by Gasteiger charge is -2.16. The Morgan fingerprint density at radius 1 is 1.39 bits per heavy atom. The molecule has 3 rings (SSSR count). The van der Waals surface area contributed by atoms with E-state index in [1.807, 2.05) is 42.7 Å². The van der Waals surface area contributed by atoms with E-state index in [-0.39, 0.29) is 12.0 Å². The first kappa shape index (κ1) is 20.8. The van der Waals surface area contributed by atoms with Gasteiger partial charge in [0.1, 0.15) is 11.9 Å². The second kappa shape index (κ2) is 9.51. The average Bonchev–Trinajstić information content (AvgIpc) is 3.26. The quantitative estimate of drug-likeness (QED) is 0.710. The zero-order valence-electron chi connectivity index (χ0n) is 16.1. The number of rotatable bonds is 7. The van der Waals surface area contributed by atoms with E-state index >= 15 is 0 Å². The van der Waals surface area contributed by atoms with Crippen LogP contribution < -0.4 is 5.32 Å². The van der Waals surface area contributed by atoms with Crippen molar-refractivity contribution in [3.8, 4) is 6.07 Å². The van der Waals surface area contributed by atoms with Gasteiger partial charge in [0.05, 0.1) is 24.0 Å². The van der Waals surface area contributed by atoms with E-state index in [2.05, 4.69) is 11.4 Å². The molecule has 1 aliphatic heterocycles. The number of aromatic nitrogens is 1. The summed E-state index contributed by atoms with van der Waals surface area (Å²) in [5.41, 5.74) is 3.56. The highest BCUT2D eigenvalue weighted by atomic mass is 35.5. The number of benzene rings is 1. The predicted octanol–water partition coefficient (Wildman–Crippen LogP) is 4.68. The molecule has 0 bridgehead atoms. The van der Waals surface area contributed by atoms with Gasteiger partial charge < -0.3 is 14.6 Å². The number of anilines is 1. The summed E-state index contributed by atoms with van der Waals surface area (Å²) in [5, 5.41) is 13.3. The summed E-state index contributed by atoms with van der Waals surface area (Å²) in [4.78, 5) is 12.5. The number of hydrogen-bond acceptors (Lipinski definition) is 4. The molecule has 1 aromatic heterocycles. The maximum absolute atomic E-state index is 12.5. The van der Waals surface area contributed by atoms with Crippen LogP contribution in [0.1, 0.15) is 35.2 Å². The zero-order valence-corrected chi connectivity index (χ0v) is 17.7. The maximum Gasteiger partial charge on any atom is 0.235 e. The number of thioether (sulfide) groups is 1. The third-order valence-corrected chi connectivity index (χ3v) is 6.28. The van der Waals surface area contributed by atoms with Crippen molar-refractivity contribution in [2.75, 3.05) is 17.7 Å². The zero-order chi connectivity index (χ0) is 20.1. The monoisotopic (exact) mass is 417 g/mol. The van der Waals surface area contributed by atoms with Crippen LogP contribution in [0.4, 0.5) is 5.82 Å². The fourth-order valence-corrected chi connectivity index (χ4v) is 4.27. The van der Waals surface area contributed by atoms with Gasteiger partial charge in [-0.05, 0) is 49.9 Å². The molecule has 0 radical (unpaired) electrons. The Balaban J connectivity index is 1.66. The Hall–Kier alpha value is -1.94. The molecule has 0 spiro atoms. The third-order valence-electron chi connectivity index (χ3n) is 5.02. The van der Waals surface area contributed by atoms with Gasteiger partial charge in [-0.15, -0.1) is 11.8 Å². The summed E-state index contributed by atoms with van der Waals surface area (Å²) in [5.74, 6) is 1.52. The van der Waals surface area contributed by atoms with Gasteiger partial charge in [0.2, 0.25) is 5.91 Å². The Morgan fingerprint density at radius 2 is 2.14 bits per heavy atom. The second-order valence-electron chi connectivity index (χ2n) is 6.96. The van der Waals surface area contributed by atoms with E-state index in [1.165, 1.54) is 11.8 Å². The number of carbonyl (C=O) groups is 1. The molecule has 1 atom stereocenters. The minimum atomic E-state index is -0.110. The van der Waals surface area contributed by atoms with Crippen LogP contribution in [0, 0.1) is 25.2 Å². The number of nitrogens with zero attached hydrogens (tertiary/aromatic N) is 2. The lowest BCUT2D eigenvalue weighted by atomic mass is 10.2. The van der Waals surface area contributed by atoms with Gasteiger partial charge in [-0.25, -0.2) is 0 Å². The van der Waals surface area contributed by atoms with Crippen LogP contribution in [0.25, 0.3) is 0 Å². The van der Waals surface area contributed by atoms with E-state index < -0.39 is 0 Å². The standard InChI is InChI=1S/C21H24ClN3O2S/c1-14-15(2)25(11-18-4-3-9-27-18)21(19(14)10-23)24-20(26)13-28-12-16-5-7-17(22)8-6-16/h5-8,18H,3-4,9,11-13H2,1-2H3,(H,24,26)/t18-/m0/s1. The molecule has 28 heavy (non-hydrogen) atoms. The van der Waals surface area contributed by atoms with Crippen molar-refractivity contribution in [1.82, 2.24) is 4.57 Å². The highest BCUT2D eigenvalue weighted by Crippen LogP contribution is 2.28. The van der Waals surface area contributed by atoms with Crippen LogP contribution in [-0.4, -0.2) is 28.9 Å². The van der Waals surface area contributed by atoms with Crippen LogP contribution in [0.15, 0.2) is 24.3 Å². The second-order valence-corrected chi connectivity index (χ2v) is 8.38. The third kappa shape index (κ3) is 4.91. The predicted molar refractivity (Wildman–Crippen MR) is 114 cm³/mol. The van der Waals surface area contributed by atoms with E-state index in [0.717, 1.165) is 42.0 Å². The summed E-state index contributed by atoms with van der Waals surface area (Å²) in [6, 6.07) is 9.86. The van der Waals surface area contributed by atoms with Crippen molar-refractivity contribution >= 4 is 35.1 Å². The van der Waals surface area contributed by atoms with Crippen LogP contribution >= 0.6 is 23.4 Å². The van der Waals surface area contributed by atoms with Crippen LogP contribution in [-0.2, 0) is 21.8 Å². The normalized spacial score (nSPS) is 16.1. The van der Waals surface area contributed by atoms with E-state index in [9.17, 15) is 10.1 Å². The van der Waals surface area contributed by atoms with Gasteiger partial charge in [-0.3, -0.25) is 4.79 Å². The molecule has 2 aromatic rings. The molecule has 0 saturated carbocycles. The Bertz CT molecular complexity index is 881. The molecule has 7 heteroatoms. The fourth-order valence-electron chi connectivity index (χ4n) is 3.36. The molecule has 1 saturated heterocycles. The first-order chi connectivity index (χ1) is 13.5. The van der Waals surface area contributed by atoms with Crippen molar-refractivity contribution < 1.29 is 9.53 Å². The smallest absolute Gasteiger partial charge is 0.235 e. The van der Waals surface area contributed by atoms with Crippen molar-refractivity contribution in [3.05, 3.63) is 51.7 Å². The number of ether oxygens (including phenoxy) is 1. The molecule has 1 fully saturated rings. The lowest BCUT2D eigenvalue weighted by molar-refractivity contribution is -0.113. The molecule has 1 amide bonds. The molecule has 2 heterocycles. The van der Waals surface area contributed by atoms with Crippen LogP contribution in [0.3, 0.4) is 0 Å². The van der Waals surface area contributed by atoms with E-state index in [4.69, 9.17) is 16.3 Å². The lowest BCUT2D eigenvalue weighted by Crippen LogP contribution is -2.22. The first-order valence-electron chi connectivity index (χ1n) is 9.33. The number of carbonyl (C=O) groups excluding carboxylic acids is 1. The topological polar surface area (TPSA) is 67.0 Å². The molecule has 1 N–H and O–H groups in total. The summed E-state index contributed by atoms with van der Waals surface area (Å²) >= 11 is 7.43. The van der Waals surface area contributed by atoms with Gasteiger partial charge in [0.15, 0.2) is 0 Å². The first-order valence-corrected chi connectivity index (χ1v) is 10.9. The maximum atomic E-state index is 12.5. The summed E-state index contributed by atoms with van der Waals surface area (Å²) < 4.78 is 7.77. The SMILES string of the molecule is Cc1c(C#N)c(NC(=O)CSCc2ccc(Cl)cc2)n(C[C@@H]2CCCO2)c1C. The van der Waals surface area contributed by atoms with E-state index in [1.54, 1.807) is 0 Å². The van der Waals surface area contributed by atoms with Crippen molar-refractivity contribution in [3.63, 3.8) is 0 Å². The summed E-state index contributed by atoms with van der Waals surface area (Å²) in [7, 11) is 0. The molecular formula is C21H24ClN3O2S. The van der Waals surface area contributed by atoms with Crippen LogP contribution in [0.2, 0.25) is 5.02 Å². The van der Waals surface area contributed by atoms with Gasteiger partial charge in [-0.1, -0.05) is 23.7 Å². The number of nitriles is 1.